The number of rotatable bonds is 5. The second-order valence-electron chi connectivity index (χ2n) is 6.77. The van der Waals surface area contributed by atoms with Gasteiger partial charge in [0.05, 0.1) is 12.1 Å². The highest BCUT2D eigenvalue weighted by molar-refractivity contribution is 7.13. The van der Waals surface area contributed by atoms with Crippen LogP contribution in [0.25, 0.3) is 0 Å². The van der Waals surface area contributed by atoms with Gasteiger partial charge in [0.1, 0.15) is 0 Å². The Morgan fingerprint density at radius 3 is 2.73 bits per heavy atom. The summed E-state index contributed by atoms with van der Waals surface area (Å²) in [4.78, 5) is 28.6. The van der Waals surface area contributed by atoms with E-state index < -0.39 is 0 Å². The van der Waals surface area contributed by atoms with Crippen LogP contribution in [0.3, 0.4) is 0 Å². The van der Waals surface area contributed by atoms with E-state index in [1.807, 2.05) is 32.0 Å². The van der Waals surface area contributed by atoms with Crippen molar-refractivity contribution >= 4 is 34.1 Å². The van der Waals surface area contributed by atoms with Gasteiger partial charge in [-0.15, -0.1) is 11.3 Å². The summed E-state index contributed by atoms with van der Waals surface area (Å²) in [7, 11) is 0. The van der Waals surface area contributed by atoms with E-state index in [-0.39, 0.29) is 24.4 Å². The topological polar surface area (TPSA) is 83.1 Å². The highest BCUT2D eigenvalue weighted by atomic mass is 32.1. The SMILES string of the molecule is Cc1ccc(C)c(NC(=O)Cc2csc(NC(=O)NC3CCCC3)n2)c1. The van der Waals surface area contributed by atoms with Gasteiger partial charge in [-0.05, 0) is 43.9 Å². The first kappa shape index (κ1) is 18.4. The average molecular weight is 372 g/mol. The Balaban J connectivity index is 1.51. The van der Waals surface area contributed by atoms with Gasteiger partial charge in [-0.3, -0.25) is 10.1 Å². The third kappa shape index (κ3) is 5.05. The Hall–Kier alpha value is -2.41. The molecule has 0 saturated heterocycles. The zero-order valence-corrected chi connectivity index (χ0v) is 15.9. The van der Waals surface area contributed by atoms with Crippen molar-refractivity contribution in [1.29, 1.82) is 0 Å². The molecular formula is C19H24N4O2S. The number of nitrogens with one attached hydrogen (secondary N) is 3. The normalized spacial score (nSPS) is 14.2. The molecule has 0 spiro atoms. The maximum atomic E-state index is 12.3. The summed E-state index contributed by atoms with van der Waals surface area (Å²) in [6, 6.07) is 5.99. The highest BCUT2D eigenvalue weighted by Crippen LogP contribution is 2.20. The third-order valence-electron chi connectivity index (χ3n) is 4.47. The van der Waals surface area contributed by atoms with Crippen molar-refractivity contribution in [2.45, 2.75) is 52.0 Å². The second-order valence-corrected chi connectivity index (χ2v) is 7.63. The molecular weight excluding hydrogens is 348 g/mol. The van der Waals surface area contributed by atoms with E-state index in [0.29, 0.717) is 10.8 Å². The Morgan fingerprint density at radius 2 is 1.96 bits per heavy atom. The standard InChI is InChI=1S/C19H24N4O2S/c1-12-7-8-13(2)16(9-12)22-17(24)10-15-11-26-19(21-15)23-18(25)20-14-5-3-4-6-14/h7-9,11,14H,3-6,10H2,1-2H3,(H,22,24)(H2,20,21,23,25). The van der Waals surface area contributed by atoms with Gasteiger partial charge in [-0.2, -0.15) is 0 Å². The Bertz CT molecular complexity index is 797. The van der Waals surface area contributed by atoms with Gasteiger partial charge < -0.3 is 10.6 Å². The van der Waals surface area contributed by atoms with Crippen molar-refractivity contribution in [1.82, 2.24) is 10.3 Å². The number of hydrogen-bond donors (Lipinski definition) is 3. The maximum Gasteiger partial charge on any atom is 0.321 e. The first-order valence-corrected chi connectivity index (χ1v) is 9.76. The van der Waals surface area contributed by atoms with Gasteiger partial charge in [0.2, 0.25) is 5.91 Å². The van der Waals surface area contributed by atoms with Crippen LogP contribution in [0, 0.1) is 13.8 Å². The van der Waals surface area contributed by atoms with E-state index in [2.05, 4.69) is 20.9 Å². The predicted octanol–water partition coefficient (Wildman–Crippen LogP) is 4.01. The van der Waals surface area contributed by atoms with Crippen molar-refractivity contribution in [3.8, 4) is 0 Å². The zero-order chi connectivity index (χ0) is 18.5. The summed E-state index contributed by atoms with van der Waals surface area (Å²) < 4.78 is 0. The molecule has 1 aliphatic rings. The fourth-order valence-electron chi connectivity index (χ4n) is 3.06. The molecule has 3 amide bonds. The van der Waals surface area contributed by atoms with Crippen LogP contribution in [0.5, 0.6) is 0 Å². The fraction of sp³-hybridized carbons (Fsp3) is 0.421. The lowest BCUT2D eigenvalue weighted by Gasteiger charge is -2.11. The monoisotopic (exact) mass is 372 g/mol. The first-order chi connectivity index (χ1) is 12.5. The van der Waals surface area contributed by atoms with Crippen molar-refractivity contribution < 1.29 is 9.59 Å². The van der Waals surface area contributed by atoms with Crippen LogP contribution in [-0.4, -0.2) is 23.0 Å². The van der Waals surface area contributed by atoms with Crippen LogP contribution >= 0.6 is 11.3 Å². The number of urea groups is 1. The van der Waals surface area contributed by atoms with E-state index in [0.717, 1.165) is 29.7 Å². The van der Waals surface area contributed by atoms with Gasteiger partial charge in [-0.1, -0.05) is 25.0 Å². The molecule has 0 bridgehead atoms. The summed E-state index contributed by atoms with van der Waals surface area (Å²) in [5.74, 6) is -0.119. The van der Waals surface area contributed by atoms with E-state index >= 15 is 0 Å². The van der Waals surface area contributed by atoms with E-state index in [9.17, 15) is 9.59 Å². The quantitative estimate of drug-likeness (QED) is 0.742. The lowest BCUT2D eigenvalue weighted by Crippen LogP contribution is -2.36. The number of aryl methyl sites for hydroxylation is 2. The number of hydrogen-bond acceptors (Lipinski definition) is 4. The van der Waals surface area contributed by atoms with Gasteiger partial charge in [0.25, 0.3) is 0 Å². The Kier molecular flexibility index (Phi) is 5.88. The van der Waals surface area contributed by atoms with Crippen LogP contribution in [0.4, 0.5) is 15.6 Å². The van der Waals surface area contributed by atoms with Gasteiger partial charge in [0.15, 0.2) is 5.13 Å². The molecule has 1 saturated carbocycles. The van der Waals surface area contributed by atoms with Gasteiger partial charge in [0, 0.05) is 17.1 Å². The van der Waals surface area contributed by atoms with Crippen molar-refractivity contribution in [3.05, 3.63) is 40.4 Å². The number of amides is 3. The van der Waals surface area contributed by atoms with E-state index in [1.165, 1.54) is 24.2 Å². The molecule has 1 fully saturated rings. The smallest absolute Gasteiger partial charge is 0.321 e. The number of carbonyl (C=O) groups excluding carboxylic acids is 2. The zero-order valence-electron chi connectivity index (χ0n) is 15.1. The molecule has 26 heavy (non-hydrogen) atoms. The third-order valence-corrected chi connectivity index (χ3v) is 5.28. The Labute approximate surface area is 157 Å². The summed E-state index contributed by atoms with van der Waals surface area (Å²) in [5.41, 5.74) is 3.58. The summed E-state index contributed by atoms with van der Waals surface area (Å²) >= 11 is 1.33. The molecule has 6 nitrogen and oxygen atoms in total. The minimum absolute atomic E-state index is 0.119. The van der Waals surface area contributed by atoms with Crippen molar-refractivity contribution in [3.63, 3.8) is 0 Å². The number of anilines is 2. The summed E-state index contributed by atoms with van der Waals surface area (Å²) in [5, 5.41) is 10.9. The molecule has 0 radical (unpaired) electrons. The summed E-state index contributed by atoms with van der Waals surface area (Å²) in [6.45, 7) is 3.95. The molecule has 2 aromatic rings. The van der Waals surface area contributed by atoms with Gasteiger partial charge >= 0.3 is 6.03 Å². The molecule has 1 aromatic heterocycles. The molecule has 138 valence electrons. The lowest BCUT2D eigenvalue weighted by molar-refractivity contribution is -0.115. The lowest BCUT2D eigenvalue weighted by atomic mass is 10.1. The largest absolute Gasteiger partial charge is 0.335 e. The number of nitrogens with zero attached hydrogens (tertiary/aromatic N) is 1. The van der Waals surface area contributed by atoms with Gasteiger partial charge in [-0.25, -0.2) is 9.78 Å². The van der Waals surface area contributed by atoms with E-state index in [4.69, 9.17) is 0 Å². The maximum absolute atomic E-state index is 12.3. The minimum Gasteiger partial charge on any atom is -0.335 e. The number of carbonyl (C=O) groups is 2. The van der Waals surface area contributed by atoms with Crippen LogP contribution in [-0.2, 0) is 11.2 Å². The molecule has 1 aromatic carbocycles. The van der Waals surface area contributed by atoms with Crippen LogP contribution < -0.4 is 16.0 Å². The highest BCUT2D eigenvalue weighted by Gasteiger charge is 2.18. The average Bonchev–Trinajstić information content (AvgIpc) is 3.23. The van der Waals surface area contributed by atoms with Crippen molar-refractivity contribution in [2.75, 3.05) is 10.6 Å². The molecule has 3 rings (SSSR count). The molecule has 1 aliphatic carbocycles. The molecule has 0 unspecified atom stereocenters. The molecule has 3 N–H and O–H groups in total. The predicted molar refractivity (Wildman–Crippen MR) is 105 cm³/mol. The summed E-state index contributed by atoms with van der Waals surface area (Å²) in [6.07, 6.45) is 4.59. The molecule has 0 aliphatic heterocycles. The van der Waals surface area contributed by atoms with Crippen molar-refractivity contribution in [2.24, 2.45) is 0 Å². The minimum atomic E-state index is -0.224. The number of aromatic nitrogens is 1. The van der Waals surface area contributed by atoms with E-state index in [1.54, 1.807) is 5.38 Å². The molecule has 1 heterocycles. The molecule has 0 atom stereocenters. The second kappa shape index (κ2) is 8.31. The first-order valence-electron chi connectivity index (χ1n) is 8.88. The Morgan fingerprint density at radius 1 is 1.19 bits per heavy atom. The fourth-order valence-corrected chi connectivity index (χ4v) is 3.77. The van der Waals surface area contributed by atoms with Crippen LogP contribution in [0.1, 0.15) is 42.5 Å². The van der Waals surface area contributed by atoms with Crippen LogP contribution in [0.2, 0.25) is 0 Å². The number of thiazole rings is 1. The molecule has 7 heteroatoms. The van der Waals surface area contributed by atoms with Crippen LogP contribution in [0.15, 0.2) is 23.6 Å². The number of benzene rings is 1.